The van der Waals surface area contributed by atoms with Crippen molar-refractivity contribution in [3.63, 3.8) is 0 Å². The number of hydrogen-bond acceptors (Lipinski definition) is 2. The summed E-state index contributed by atoms with van der Waals surface area (Å²) in [4.78, 5) is 0. The van der Waals surface area contributed by atoms with Crippen molar-refractivity contribution < 1.29 is 19.7 Å². The Morgan fingerprint density at radius 1 is 1.12 bits per heavy atom. The molecule has 1 aliphatic carbocycles. The third kappa shape index (κ3) is 2.54. The van der Waals surface area contributed by atoms with Crippen molar-refractivity contribution in [2.75, 3.05) is 6.61 Å². The van der Waals surface area contributed by atoms with Crippen molar-refractivity contribution in [3.8, 4) is 11.1 Å². The van der Waals surface area contributed by atoms with Gasteiger partial charge in [-0.25, -0.2) is 0 Å². The van der Waals surface area contributed by atoms with Gasteiger partial charge in [-0.05, 0) is 0 Å². The molecule has 2 nitrogen and oxygen atoms in total. The average molecular weight is 507 g/mol. The summed E-state index contributed by atoms with van der Waals surface area (Å²) in [6, 6.07) is 14.6. The van der Waals surface area contributed by atoms with E-state index in [2.05, 4.69) is 25.1 Å². The van der Waals surface area contributed by atoms with Crippen LogP contribution in [-0.4, -0.2) is 24.3 Å². The number of aliphatic hydroxyl groups is 1. The normalized spacial score (nSPS) is 21.2. The van der Waals surface area contributed by atoms with Crippen LogP contribution in [0.1, 0.15) is 24.0 Å². The van der Waals surface area contributed by atoms with E-state index < -0.39 is 17.0 Å². The van der Waals surface area contributed by atoms with Crippen LogP contribution in [0, 0.1) is 0 Å². The van der Waals surface area contributed by atoms with Gasteiger partial charge >= 0.3 is 160 Å². The van der Waals surface area contributed by atoms with E-state index in [1.165, 1.54) is 11.1 Å². The van der Waals surface area contributed by atoms with Crippen molar-refractivity contribution >= 4 is 32.9 Å². The molecule has 0 saturated heterocycles. The third-order valence-electron chi connectivity index (χ3n) is 7.46. The van der Waals surface area contributed by atoms with Crippen molar-refractivity contribution in [2.45, 2.75) is 36.6 Å². The Balaban J connectivity index is 2.47. The van der Waals surface area contributed by atoms with Crippen molar-refractivity contribution in [3.05, 3.63) is 53.6 Å². The Labute approximate surface area is 159 Å². The van der Waals surface area contributed by atoms with Gasteiger partial charge in [-0.15, -0.1) is 0 Å². The summed E-state index contributed by atoms with van der Waals surface area (Å²) in [5.41, 5.74) is 4.50. The summed E-state index contributed by atoms with van der Waals surface area (Å²) in [6.45, 7) is 6.06. The van der Waals surface area contributed by atoms with E-state index in [4.69, 9.17) is 17.0 Å². The van der Waals surface area contributed by atoms with Gasteiger partial charge in [0.05, 0.1) is 0 Å². The molecule has 0 aliphatic heterocycles. The molecular formula is C19H28Cl2O2Si2Zr. The molecule has 0 spiro atoms. The first-order chi connectivity index (χ1) is 11.6. The number of hydrogen-bond donors (Lipinski definition) is 1. The molecule has 2 aromatic rings. The molecule has 1 N–H and O–H groups in total. The quantitative estimate of drug-likeness (QED) is 0.625. The summed E-state index contributed by atoms with van der Waals surface area (Å²) in [5, 5.41) is 6.93. The van der Waals surface area contributed by atoms with Crippen molar-refractivity contribution in [1.29, 1.82) is 0 Å². The van der Waals surface area contributed by atoms with Crippen LogP contribution in [0.25, 0.3) is 11.1 Å². The maximum absolute atomic E-state index is 15.2. The number of benzene rings is 2. The Morgan fingerprint density at radius 2 is 1.69 bits per heavy atom. The van der Waals surface area contributed by atoms with E-state index in [0.717, 1.165) is 11.1 Å². The van der Waals surface area contributed by atoms with Gasteiger partial charge in [-0.2, -0.15) is 0 Å². The van der Waals surface area contributed by atoms with Crippen molar-refractivity contribution in [2.24, 2.45) is 0 Å². The Hall–Kier alpha value is 0.0969. The second-order valence-corrected chi connectivity index (χ2v) is 111. The predicted octanol–water partition coefficient (Wildman–Crippen LogP) is 4.38. The number of aliphatic hydroxyl groups excluding tert-OH is 1. The second kappa shape index (κ2) is 4.98. The van der Waals surface area contributed by atoms with Gasteiger partial charge in [0.25, 0.3) is 0 Å². The molecule has 0 heterocycles. The number of rotatable bonds is 4. The molecule has 1 unspecified atom stereocenters. The second-order valence-electron chi connectivity index (χ2n) is 10.0. The number of halogens is 2. The summed E-state index contributed by atoms with van der Waals surface area (Å²) in [7, 11) is 15.0. The molecule has 1 atom stereocenters. The van der Waals surface area contributed by atoms with E-state index in [1.54, 1.807) is 4.63 Å². The van der Waals surface area contributed by atoms with Crippen LogP contribution >= 0.6 is 17.0 Å². The minimum absolute atomic E-state index is 0.0441. The fraction of sp³-hybridized carbons (Fsp3) is 0.368. The summed E-state index contributed by atoms with van der Waals surface area (Å²) in [5.74, 6) is 0.0911. The molecule has 2 aromatic carbocycles. The van der Waals surface area contributed by atoms with Crippen LogP contribution in [0.4, 0.5) is 0 Å². The zero-order chi connectivity index (χ0) is 19.7. The third-order valence-corrected chi connectivity index (χ3v) is 108. The van der Waals surface area contributed by atoms with Crippen molar-refractivity contribution in [1.82, 2.24) is 0 Å². The van der Waals surface area contributed by atoms with E-state index in [0.29, 0.717) is 9.32 Å². The van der Waals surface area contributed by atoms with Gasteiger partial charge < -0.3 is 0 Å². The van der Waals surface area contributed by atoms with E-state index in [9.17, 15) is 5.11 Å². The zero-order valence-corrected chi connectivity index (χ0v) is 23.1. The van der Waals surface area contributed by atoms with Crippen LogP contribution in [0.15, 0.2) is 42.5 Å². The molecule has 0 amide bonds. The molecular weight excluding hydrogens is 479 g/mol. The average Bonchev–Trinajstić information content (AvgIpc) is 2.79. The topological polar surface area (TPSA) is 37.3 Å². The Kier molecular flexibility index (Phi) is 3.99. The van der Waals surface area contributed by atoms with Gasteiger partial charge in [-0.3, -0.25) is 0 Å². The summed E-state index contributed by atoms with van der Waals surface area (Å²) >= 11 is -6.51. The maximum atomic E-state index is 15.2. The molecule has 0 aromatic heterocycles. The molecule has 1 aliphatic rings. The molecule has 7 heteroatoms. The molecule has 3 rings (SSSR count). The van der Waals surface area contributed by atoms with Gasteiger partial charge in [0.1, 0.15) is 0 Å². The van der Waals surface area contributed by atoms with Gasteiger partial charge in [0.15, 0.2) is 0 Å². The van der Waals surface area contributed by atoms with Crippen LogP contribution in [0.3, 0.4) is 0 Å². The monoisotopic (exact) mass is 504 g/mol. The molecule has 26 heavy (non-hydrogen) atoms. The molecule has 142 valence electrons. The van der Waals surface area contributed by atoms with Crippen LogP contribution in [0.2, 0.25) is 23.8 Å². The van der Waals surface area contributed by atoms with E-state index >= 15 is 2.81 Å². The van der Waals surface area contributed by atoms with Crippen LogP contribution in [0.5, 0.6) is 0 Å². The van der Waals surface area contributed by atoms with E-state index in [1.807, 2.05) is 37.4 Å². The first-order valence-corrected chi connectivity index (χ1v) is 35.5. The predicted molar refractivity (Wildman–Crippen MR) is 117 cm³/mol. The van der Waals surface area contributed by atoms with Crippen LogP contribution < -0.4 is 3.27 Å². The zero-order valence-electron chi connectivity index (χ0n) is 16.1. The standard InChI is InChI=1S/C14H11.C4H11OSi.CH3.2ClH.O.H3Si.Zr/c1-10-11-6-2-4-8-13(11)14-9-5-3-7-12(10)14;1-6(2)4-3-5;;;;;;/h2-6,8-10H,1H3;5H,3-4H2,1-2H3;1H3;2*1H;;1H3;/q;;;;;;;+2/p-2. The van der Waals surface area contributed by atoms with E-state index in [-0.39, 0.29) is 19.9 Å². The minimum atomic E-state index is -6.51. The van der Waals surface area contributed by atoms with Gasteiger partial charge in [0.2, 0.25) is 0 Å². The summed E-state index contributed by atoms with van der Waals surface area (Å²) < 4.78 is 17.6. The van der Waals surface area contributed by atoms with Gasteiger partial charge in [0, 0.05) is 0 Å². The number of fused-ring (bicyclic) bond motifs is 3. The fourth-order valence-electron chi connectivity index (χ4n) is 4.44. The summed E-state index contributed by atoms with van der Waals surface area (Å²) in [6.07, 6.45) is 0. The molecule has 0 radical (unpaired) electrons. The Bertz CT molecular complexity index is 1040. The molecule has 0 saturated carbocycles. The van der Waals surface area contributed by atoms with Gasteiger partial charge in [-0.1, -0.05) is 0 Å². The Morgan fingerprint density at radius 3 is 2.31 bits per heavy atom. The van der Waals surface area contributed by atoms with Crippen LogP contribution in [-0.2, 0) is 14.6 Å². The first kappa shape index (κ1) is 20.8. The fourth-order valence-corrected chi connectivity index (χ4v) is 38.2. The molecule has 0 fully saturated rings. The SMILES string of the molecule is CC1c2ccccc2-c2ccc[c]([Zr]([CH3])(=[O])([SiH3])([Cl])([Cl])[Si](C)(C)CCO)c21. The first-order valence-electron chi connectivity index (χ1n) is 9.23. The molecule has 0 bridgehead atoms.